The van der Waals surface area contributed by atoms with Gasteiger partial charge in [0.1, 0.15) is 0 Å². The second-order valence-electron chi connectivity index (χ2n) is 2.96. The van der Waals surface area contributed by atoms with Gasteiger partial charge in [-0.15, -0.1) is 0 Å². The van der Waals surface area contributed by atoms with Gasteiger partial charge in [0.25, 0.3) is 0 Å². The van der Waals surface area contributed by atoms with E-state index in [9.17, 15) is 0 Å². The lowest BCUT2D eigenvalue weighted by Gasteiger charge is -1.95. The minimum absolute atomic E-state index is 1.09. The van der Waals surface area contributed by atoms with Gasteiger partial charge >= 0.3 is 0 Å². The quantitative estimate of drug-likeness (QED) is 0.503. The van der Waals surface area contributed by atoms with Gasteiger partial charge in [0.05, 0.1) is 0 Å². The number of hydrogen-bond acceptors (Lipinski definition) is 0. The lowest BCUT2D eigenvalue weighted by Crippen LogP contribution is -1.75. The van der Waals surface area contributed by atoms with E-state index in [-0.39, 0.29) is 0 Å². The highest BCUT2D eigenvalue weighted by atomic mass is 35.5. The largest absolute Gasteiger partial charge is 0.0895 e. The molecule has 0 amide bonds. The molecule has 0 aliphatic heterocycles. The van der Waals surface area contributed by atoms with E-state index in [4.69, 9.17) is 11.6 Å². The van der Waals surface area contributed by atoms with Crippen molar-refractivity contribution in [1.29, 1.82) is 0 Å². The summed E-state index contributed by atoms with van der Waals surface area (Å²) in [5.74, 6) is 0. The molecule has 1 aliphatic carbocycles. The van der Waals surface area contributed by atoms with Crippen molar-refractivity contribution in [3.63, 3.8) is 0 Å². The fourth-order valence-corrected chi connectivity index (χ4v) is 1.57. The maximum Gasteiger partial charge on any atom is 0.0141 e. The molecule has 0 N–H and O–H groups in total. The molecule has 0 spiro atoms. The highest BCUT2D eigenvalue weighted by Gasteiger charge is 1.97. The van der Waals surface area contributed by atoms with Crippen LogP contribution in [0.2, 0.25) is 0 Å². The minimum atomic E-state index is 1.09. The molecule has 58 valence electrons. The topological polar surface area (TPSA) is 0 Å². The third kappa shape index (κ3) is 3.26. The fourth-order valence-electron chi connectivity index (χ4n) is 1.33. The number of allylic oxidation sites excluding steroid dienone is 2. The first-order valence-corrected chi connectivity index (χ1v) is 4.62. The van der Waals surface area contributed by atoms with Crippen LogP contribution in [0.1, 0.15) is 44.9 Å². The highest BCUT2D eigenvalue weighted by molar-refractivity contribution is 6.29. The van der Waals surface area contributed by atoms with Gasteiger partial charge in [-0.25, -0.2) is 0 Å². The summed E-state index contributed by atoms with van der Waals surface area (Å²) in [6.07, 6.45) is 11.3. The van der Waals surface area contributed by atoms with Crippen LogP contribution in [0.15, 0.2) is 11.1 Å². The molecule has 0 bridgehead atoms. The van der Waals surface area contributed by atoms with E-state index in [1.54, 1.807) is 0 Å². The average Bonchev–Trinajstić information content (AvgIpc) is 2.02. The lowest BCUT2D eigenvalue weighted by atomic mass is 10.1. The van der Waals surface area contributed by atoms with E-state index in [1.165, 1.54) is 38.5 Å². The van der Waals surface area contributed by atoms with Crippen molar-refractivity contribution < 1.29 is 0 Å². The molecule has 0 fully saturated rings. The van der Waals surface area contributed by atoms with Crippen LogP contribution in [0.4, 0.5) is 0 Å². The molecular formula is C9H15Cl. The molecule has 0 aromatic rings. The highest BCUT2D eigenvalue weighted by Crippen LogP contribution is 2.18. The van der Waals surface area contributed by atoms with Gasteiger partial charge in [-0.1, -0.05) is 36.9 Å². The summed E-state index contributed by atoms with van der Waals surface area (Å²) in [6.45, 7) is 0. The van der Waals surface area contributed by atoms with E-state index in [2.05, 4.69) is 6.08 Å². The van der Waals surface area contributed by atoms with Crippen molar-refractivity contribution in [2.45, 2.75) is 44.9 Å². The van der Waals surface area contributed by atoms with Crippen molar-refractivity contribution >= 4 is 11.6 Å². The van der Waals surface area contributed by atoms with Crippen molar-refractivity contribution in [3.8, 4) is 0 Å². The Morgan fingerprint density at radius 1 is 1.00 bits per heavy atom. The zero-order chi connectivity index (χ0) is 7.23. The molecular weight excluding hydrogens is 144 g/mol. The molecule has 0 atom stereocenters. The van der Waals surface area contributed by atoms with Gasteiger partial charge in [-0.05, 0) is 25.7 Å². The molecule has 0 heterocycles. The maximum atomic E-state index is 5.93. The van der Waals surface area contributed by atoms with Crippen molar-refractivity contribution in [1.82, 2.24) is 0 Å². The van der Waals surface area contributed by atoms with Gasteiger partial charge < -0.3 is 0 Å². The molecule has 0 saturated heterocycles. The summed E-state index contributed by atoms with van der Waals surface area (Å²) in [5, 5.41) is 1.09. The first kappa shape index (κ1) is 8.13. The van der Waals surface area contributed by atoms with Crippen molar-refractivity contribution in [2.24, 2.45) is 0 Å². The van der Waals surface area contributed by atoms with E-state index in [1.807, 2.05) is 0 Å². The van der Waals surface area contributed by atoms with E-state index in [0.29, 0.717) is 0 Å². The molecule has 0 unspecified atom stereocenters. The SMILES string of the molecule is Cl/C1=C/CCCCCCC1. The third-order valence-corrected chi connectivity index (χ3v) is 2.33. The van der Waals surface area contributed by atoms with Gasteiger partial charge in [-0.2, -0.15) is 0 Å². The van der Waals surface area contributed by atoms with Crippen molar-refractivity contribution in [3.05, 3.63) is 11.1 Å². The Hall–Kier alpha value is 0.0300. The zero-order valence-electron chi connectivity index (χ0n) is 6.41. The zero-order valence-corrected chi connectivity index (χ0v) is 7.16. The summed E-state index contributed by atoms with van der Waals surface area (Å²) < 4.78 is 0. The van der Waals surface area contributed by atoms with Gasteiger partial charge in [0, 0.05) is 5.03 Å². The van der Waals surface area contributed by atoms with Gasteiger partial charge in [0.15, 0.2) is 0 Å². The standard InChI is InChI=1S/C9H15Cl/c10-9-7-5-3-1-2-4-6-8-9/h7H,1-6,8H2/b9-7+. The van der Waals surface area contributed by atoms with Crippen LogP contribution in [-0.2, 0) is 0 Å². The Bertz CT molecular complexity index is 116. The molecule has 1 rings (SSSR count). The number of halogens is 1. The van der Waals surface area contributed by atoms with Crippen LogP contribution in [0.5, 0.6) is 0 Å². The van der Waals surface area contributed by atoms with E-state index < -0.39 is 0 Å². The molecule has 0 aromatic heterocycles. The first-order chi connectivity index (χ1) is 4.89. The third-order valence-electron chi connectivity index (χ3n) is 1.99. The van der Waals surface area contributed by atoms with Crippen LogP contribution >= 0.6 is 11.6 Å². The Labute approximate surface area is 68.3 Å². The summed E-state index contributed by atoms with van der Waals surface area (Å²) in [6, 6.07) is 0. The summed E-state index contributed by atoms with van der Waals surface area (Å²) in [4.78, 5) is 0. The average molecular weight is 159 g/mol. The van der Waals surface area contributed by atoms with Crippen LogP contribution < -0.4 is 0 Å². The summed E-state index contributed by atoms with van der Waals surface area (Å²) in [7, 11) is 0. The summed E-state index contributed by atoms with van der Waals surface area (Å²) >= 11 is 5.93. The smallest absolute Gasteiger partial charge is 0.0141 e. The van der Waals surface area contributed by atoms with Crippen LogP contribution in [-0.4, -0.2) is 0 Å². The Morgan fingerprint density at radius 3 is 2.60 bits per heavy atom. The minimum Gasteiger partial charge on any atom is -0.0895 e. The van der Waals surface area contributed by atoms with Gasteiger partial charge in [-0.3, -0.25) is 0 Å². The molecule has 0 saturated carbocycles. The maximum absolute atomic E-state index is 5.93. The number of rotatable bonds is 0. The summed E-state index contributed by atoms with van der Waals surface area (Å²) in [5.41, 5.74) is 0. The van der Waals surface area contributed by atoms with E-state index in [0.717, 1.165) is 11.5 Å². The van der Waals surface area contributed by atoms with Crippen LogP contribution in [0.25, 0.3) is 0 Å². The molecule has 1 heteroatoms. The molecule has 0 radical (unpaired) electrons. The van der Waals surface area contributed by atoms with Crippen LogP contribution in [0, 0.1) is 0 Å². The van der Waals surface area contributed by atoms with Crippen molar-refractivity contribution in [2.75, 3.05) is 0 Å². The van der Waals surface area contributed by atoms with Crippen LogP contribution in [0.3, 0.4) is 0 Å². The molecule has 0 nitrogen and oxygen atoms in total. The van der Waals surface area contributed by atoms with Gasteiger partial charge in [0.2, 0.25) is 0 Å². The number of hydrogen-bond donors (Lipinski definition) is 0. The molecule has 0 aromatic carbocycles. The Balaban J connectivity index is 2.29. The monoisotopic (exact) mass is 158 g/mol. The second kappa shape index (κ2) is 4.79. The molecule has 1 aliphatic rings. The molecule has 10 heavy (non-hydrogen) atoms. The Kier molecular flexibility index (Phi) is 3.89. The predicted molar refractivity (Wildman–Crippen MR) is 46.3 cm³/mol. The van der Waals surface area contributed by atoms with E-state index >= 15 is 0 Å². The Morgan fingerprint density at radius 2 is 1.70 bits per heavy atom. The first-order valence-electron chi connectivity index (χ1n) is 4.24. The fraction of sp³-hybridized carbons (Fsp3) is 0.778. The predicted octanol–water partition coefficient (Wildman–Crippen LogP) is 3.85. The normalized spacial score (nSPS) is 27.5. The lowest BCUT2D eigenvalue weighted by molar-refractivity contribution is 0.631. The second-order valence-corrected chi connectivity index (χ2v) is 3.44.